The third-order valence-corrected chi connectivity index (χ3v) is 7.30. The summed E-state index contributed by atoms with van der Waals surface area (Å²) in [6.07, 6.45) is 9.63. The van der Waals surface area contributed by atoms with Crippen LogP contribution in [-0.4, -0.2) is 69.4 Å². The van der Waals surface area contributed by atoms with E-state index in [9.17, 15) is 8.42 Å². The molecule has 9 heteroatoms. The molecule has 2 N–H and O–H groups in total. The van der Waals surface area contributed by atoms with Crippen molar-refractivity contribution >= 4 is 40.0 Å². The molecule has 0 bridgehead atoms. The SMILES string of the molecule is CCNC(=NCCOC1CCCCCC1)NC1CCN(S(=O)(=O)CC)CC1.I. The predicted molar refractivity (Wildman–Crippen MR) is 126 cm³/mol. The molecule has 1 saturated carbocycles. The fourth-order valence-electron chi connectivity index (χ4n) is 3.76. The van der Waals surface area contributed by atoms with Gasteiger partial charge in [-0.25, -0.2) is 12.7 Å². The van der Waals surface area contributed by atoms with Crippen molar-refractivity contribution in [2.75, 3.05) is 38.5 Å². The van der Waals surface area contributed by atoms with E-state index in [0.29, 0.717) is 32.3 Å². The number of piperidine rings is 1. The molecule has 1 aliphatic carbocycles. The summed E-state index contributed by atoms with van der Waals surface area (Å²) in [5.41, 5.74) is 0. The Morgan fingerprint density at radius 1 is 1.07 bits per heavy atom. The Hall–Kier alpha value is -0.130. The summed E-state index contributed by atoms with van der Waals surface area (Å²) in [5, 5.41) is 6.74. The Labute approximate surface area is 188 Å². The zero-order valence-electron chi connectivity index (χ0n) is 17.5. The second-order valence-electron chi connectivity index (χ2n) is 7.46. The second-order valence-corrected chi connectivity index (χ2v) is 9.72. The molecule has 28 heavy (non-hydrogen) atoms. The molecule has 2 aliphatic rings. The molecule has 2 rings (SSSR count). The zero-order chi connectivity index (χ0) is 19.5. The van der Waals surface area contributed by atoms with Gasteiger partial charge in [0.2, 0.25) is 10.0 Å². The fourth-order valence-corrected chi connectivity index (χ4v) is 4.89. The summed E-state index contributed by atoms with van der Waals surface area (Å²) in [6, 6.07) is 0.258. The molecule has 1 saturated heterocycles. The molecule has 0 atom stereocenters. The van der Waals surface area contributed by atoms with E-state index < -0.39 is 10.0 Å². The summed E-state index contributed by atoms with van der Waals surface area (Å²) in [4.78, 5) is 4.64. The standard InChI is InChI=1S/C19H38N4O3S.HI/c1-3-20-19(21-13-16-26-18-9-7-5-6-8-10-18)22-17-11-14-23(15-12-17)27(24,25)4-2;/h17-18H,3-16H2,1-2H3,(H2,20,21,22);1H. The highest BCUT2D eigenvalue weighted by Gasteiger charge is 2.27. The van der Waals surface area contributed by atoms with E-state index in [1.807, 2.05) is 0 Å². The summed E-state index contributed by atoms with van der Waals surface area (Å²) in [5.74, 6) is 0.981. The highest BCUT2D eigenvalue weighted by atomic mass is 127. The van der Waals surface area contributed by atoms with E-state index in [1.165, 1.54) is 38.5 Å². The maximum Gasteiger partial charge on any atom is 0.213 e. The van der Waals surface area contributed by atoms with Gasteiger partial charge in [-0.05, 0) is 39.5 Å². The van der Waals surface area contributed by atoms with Crippen molar-refractivity contribution < 1.29 is 13.2 Å². The monoisotopic (exact) mass is 530 g/mol. The van der Waals surface area contributed by atoms with Crippen LogP contribution in [0.15, 0.2) is 4.99 Å². The number of aliphatic imine (C=N–C) groups is 1. The minimum absolute atomic E-state index is 0. The maximum atomic E-state index is 12.0. The Bertz CT molecular complexity index is 543. The summed E-state index contributed by atoms with van der Waals surface area (Å²) >= 11 is 0. The zero-order valence-corrected chi connectivity index (χ0v) is 20.6. The van der Waals surface area contributed by atoms with E-state index in [4.69, 9.17) is 4.74 Å². The van der Waals surface area contributed by atoms with E-state index in [-0.39, 0.29) is 35.8 Å². The number of halogens is 1. The molecule has 7 nitrogen and oxygen atoms in total. The third-order valence-electron chi connectivity index (χ3n) is 5.41. The first-order valence-corrected chi connectivity index (χ1v) is 12.3. The first kappa shape index (κ1) is 25.9. The fraction of sp³-hybridized carbons (Fsp3) is 0.947. The second kappa shape index (κ2) is 14.0. The number of ether oxygens (including phenoxy) is 1. The van der Waals surface area contributed by atoms with Gasteiger partial charge in [0.25, 0.3) is 0 Å². The number of rotatable bonds is 8. The van der Waals surface area contributed by atoms with E-state index in [1.54, 1.807) is 11.2 Å². The number of hydrogen-bond acceptors (Lipinski definition) is 4. The van der Waals surface area contributed by atoms with Crippen molar-refractivity contribution in [2.24, 2.45) is 4.99 Å². The molecular formula is C19H39IN4O3S. The van der Waals surface area contributed by atoms with Crippen LogP contribution in [0.25, 0.3) is 0 Å². The molecule has 166 valence electrons. The van der Waals surface area contributed by atoms with Crippen molar-refractivity contribution in [3.05, 3.63) is 0 Å². The lowest BCUT2D eigenvalue weighted by atomic mass is 10.1. The molecule has 0 radical (unpaired) electrons. The van der Waals surface area contributed by atoms with Gasteiger partial charge in [0, 0.05) is 25.7 Å². The Morgan fingerprint density at radius 2 is 1.71 bits per heavy atom. The van der Waals surface area contributed by atoms with E-state index in [2.05, 4.69) is 22.5 Å². The number of nitrogens with one attached hydrogen (secondary N) is 2. The quantitative estimate of drug-likeness (QED) is 0.166. The van der Waals surface area contributed by atoms with Crippen LogP contribution in [0.5, 0.6) is 0 Å². The molecule has 0 amide bonds. The molecule has 0 aromatic rings. The molecule has 1 heterocycles. The first-order chi connectivity index (χ1) is 13.0. The van der Waals surface area contributed by atoms with Crippen LogP contribution in [0.1, 0.15) is 65.2 Å². The maximum absolute atomic E-state index is 12.0. The smallest absolute Gasteiger partial charge is 0.213 e. The summed E-state index contributed by atoms with van der Waals surface area (Å²) in [6.45, 7) is 7.03. The highest BCUT2D eigenvalue weighted by Crippen LogP contribution is 2.19. The third kappa shape index (κ3) is 9.13. The largest absolute Gasteiger partial charge is 0.376 e. The van der Waals surface area contributed by atoms with Crippen molar-refractivity contribution in [1.82, 2.24) is 14.9 Å². The molecule has 0 aromatic heterocycles. The minimum atomic E-state index is -3.07. The van der Waals surface area contributed by atoms with Gasteiger partial charge in [-0.3, -0.25) is 4.99 Å². The van der Waals surface area contributed by atoms with Gasteiger partial charge in [0.1, 0.15) is 0 Å². The number of hydrogen-bond donors (Lipinski definition) is 2. The van der Waals surface area contributed by atoms with Gasteiger partial charge in [0.05, 0.1) is 25.0 Å². The number of sulfonamides is 1. The number of nitrogens with zero attached hydrogens (tertiary/aromatic N) is 2. The minimum Gasteiger partial charge on any atom is -0.376 e. The van der Waals surface area contributed by atoms with E-state index >= 15 is 0 Å². The molecule has 2 fully saturated rings. The average Bonchev–Trinajstić information content (AvgIpc) is 2.94. The highest BCUT2D eigenvalue weighted by molar-refractivity contribution is 14.0. The normalized spacial score (nSPS) is 21.0. The molecule has 1 aliphatic heterocycles. The van der Waals surface area contributed by atoms with Gasteiger partial charge in [-0.15, -0.1) is 24.0 Å². The van der Waals surface area contributed by atoms with Crippen LogP contribution in [0.3, 0.4) is 0 Å². The topological polar surface area (TPSA) is 83.0 Å². The lowest BCUT2D eigenvalue weighted by molar-refractivity contribution is 0.0487. The first-order valence-electron chi connectivity index (χ1n) is 10.7. The van der Waals surface area contributed by atoms with Crippen LogP contribution >= 0.6 is 24.0 Å². The van der Waals surface area contributed by atoms with Gasteiger partial charge < -0.3 is 15.4 Å². The predicted octanol–water partition coefficient (Wildman–Crippen LogP) is 2.71. The summed E-state index contributed by atoms with van der Waals surface area (Å²) < 4.78 is 31.6. The van der Waals surface area contributed by atoms with Crippen LogP contribution in [0.2, 0.25) is 0 Å². The van der Waals surface area contributed by atoms with Crippen molar-refractivity contribution in [1.29, 1.82) is 0 Å². The van der Waals surface area contributed by atoms with E-state index in [0.717, 1.165) is 25.3 Å². The number of guanidine groups is 1. The lowest BCUT2D eigenvalue weighted by Crippen LogP contribution is -2.50. The van der Waals surface area contributed by atoms with Crippen molar-refractivity contribution in [3.8, 4) is 0 Å². The lowest BCUT2D eigenvalue weighted by Gasteiger charge is -2.32. The van der Waals surface area contributed by atoms with Crippen LogP contribution in [0, 0.1) is 0 Å². The molecule has 0 spiro atoms. The Kier molecular flexibility index (Phi) is 12.9. The average molecular weight is 531 g/mol. The van der Waals surface area contributed by atoms with Crippen molar-refractivity contribution in [3.63, 3.8) is 0 Å². The Balaban J connectivity index is 0.00000392. The van der Waals surface area contributed by atoms with Crippen molar-refractivity contribution in [2.45, 2.75) is 77.4 Å². The van der Waals surface area contributed by atoms with Crippen LogP contribution in [0.4, 0.5) is 0 Å². The Morgan fingerprint density at radius 3 is 2.29 bits per heavy atom. The molecular weight excluding hydrogens is 491 g/mol. The van der Waals surface area contributed by atoms with Gasteiger partial charge in [0.15, 0.2) is 5.96 Å². The summed E-state index contributed by atoms with van der Waals surface area (Å²) in [7, 11) is -3.07. The molecule has 0 aromatic carbocycles. The van der Waals surface area contributed by atoms with Gasteiger partial charge >= 0.3 is 0 Å². The van der Waals surface area contributed by atoms with Crippen LogP contribution in [-0.2, 0) is 14.8 Å². The molecule has 0 unspecified atom stereocenters. The van der Waals surface area contributed by atoms with Gasteiger partial charge in [-0.2, -0.15) is 0 Å². The van der Waals surface area contributed by atoms with Gasteiger partial charge in [-0.1, -0.05) is 25.7 Å². The van der Waals surface area contributed by atoms with Crippen LogP contribution < -0.4 is 10.6 Å².